The van der Waals surface area contributed by atoms with E-state index < -0.39 is 5.97 Å². The van der Waals surface area contributed by atoms with E-state index in [1.165, 1.54) is 6.20 Å². The van der Waals surface area contributed by atoms with Gasteiger partial charge in [0.2, 0.25) is 5.96 Å². The molecule has 0 bridgehead atoms. The summed E-state index contributed by atoms with van der Waals surface area (Å²) in [6.45, 7) is 3.33. The van der Waals surface area contributed by atoms with Crippen LogP contribution in [0.15, 0.2) is 47.1 Å². The molecular formula is C15H16N4O2. The van der Waals surface area contributed by atoms with Crippen molar-refractivity contribution in [3.63, 3.8) is 0 Å². The van der Waals surface area contributed by atoms with Crippen LogP contribution < -0.4 is 10.2 Å². The van der Waals surface area contributed by atoms with Crippen molar-refractivity contribution in [1.29, 1.82) is 5.26 Å². The number of anilines is 1. The molecule has 0 atom stereocenters. The number of carbonyl (C=O) groups is 1. The van der Waals surface area contributed by atoms with Gasteiger partial charge in [0.25, 0.3) is 0 Å². The summed E-state index contributed by atoms with van der Waals surface area (Å²) in [7, 11) is 0. The normalized spacial score (nSPS) is 14.4. The molecule has 0 radical (unpaired) electrons. The predicted octanol–water partition coefficient (Wildman–Crippen LogP) is 1.42. The second kappa shape index (κ2) is 7.10. The van der Waals surface area contributed by atoms with Crippen molar-refractivity contribution >= 4 is 17.6 Å². The molecule has 6 heteroatoms. The number of para-hydroxylation sites is 1. The Kier molecular flexibility index (Phi) is 4.94. The monoisotopic (exact) mass is 284 g/mol. The van der Waals surface area contributed by atoms with E-state index in [0.717, 1.165) is 12.2 Å². The molecular weight excluding hydrogens is 268 g/mol. The van der Waals surface area contributed by atoms with Crippen molar-refractivity contribution < 1.29 is 9.53 Å². The third kappa shape index (κ3) is 3.60. The molecule has 1 heterocycles. The Morgan fingerprint density at radius 2 is 2.29 bits per heavy atom. The fourth-order valence-corrected chi connectivity index (χ4v) is 1.91. The van der Waals surface area contributed by atoms with Gasteiger partial charge in [-0.05, 0) is 19.1 Å². The van der Waals surface area contributed by atoms with Crippen LogP contribution in [0.3, 0.4) is 0 Å². The van der Waals surface area contributed by atoms with Gasteiger partial charge < -0.3 is 15.0 Å². The lowest BCUT2D eigenvalue weighted by Gasteiger charge is -2.19. The highest BCUT2D eigenvalue weighted by molar-refractivity contribution is 5.99. The molecule has 0 unspecified atom stereocenters. The van der Waals surface area contributed by atoms with Gasteiger partial charge in [0.15, 0.2) is 5.57 Å². The summed E-state index contributed by atoms with van der Waals surface area (Å²) in [5.41, 5.74) is 0.920. The first-order valence-electron chi connectivity index (χ1n) is 6.67. The van der Waals surface area contributed by atoms with Gasteiger partial charge in [-0.3, -0.25) is 4.99 Å². The Morgan fingerprint density at radius 3 is 2.95 bits per heavy atom. The van der Waals surface area contributed by atoms with E-state index in [1.807, 2.05) is 41.3 Å². The number of nitriles is 1. The van der Waals surface area contributed by atoms with Crippen molar-refractivity contribution in [2.24, 2.45) is 4.99 Å². The summed E-state index contributed by atoms with van der Waals surface area (Å²) in [6, 6.07) is 11.6. The highest BCUT2D eigenvalue weighted by Gasteiger charge is 2.18. The summed E-state index contributed by atoms with van der Waals surface area (Å²) in [5, 5.41) is 11.9. The van der Waals surface area contributed by atoms with Crippen molar-refractivity contribution in [3.05, 3.63) is 42.1 Å². The van der Waals surface area contributed by atoms with E-state index >= 15 is 0 Å². The molecule has 6 nitrogen and oxygen atoms in total. The van der Waals surface area contributed by atoms with Gasteiger partial charge in [-0.2, -0.15) is 5.26 Å². The highest BCUT2D eigenvalue weighted by atomic mass is 16.5. The topological polar surface area (TPSA) is 77.7 Å². The standard InChI is InChI=1S/C15H16N4O2/c1-2-21-14(20)12(10-16)11-18-15-17-8-9-19(15)13-6-4-3-5-7-13/h3-7,11H,2,8-9H2,1H3,(H,17,18). The Morgan fingerprint density at radius 1 is 1.52 bits per heavy atom. The Bertz CT molecular complexity index is 602. The Balaban J connectivity index is 2.08. The largest absolute Gasteiger partial charge is 0.462 e. The predicted molar refractivity (Wildman–Crippen MR) is 79.6 cm³/mol. The number of nitrogens with one attached hydrogen (secondary N) is 1. The third-order valence-electron chi connectivity index (χ3n) is 2.87. The zero-order valence-corrected chi connectivity index (χ0v) is 11.7. The molecule has 1 aliphatic rings. The average molecular weight is 284 g/mol. The van der Waals surface area contributed by atoms with Gasteiger partial charge in [-0.15, -0.1) is 0 Å². The second-order valence-electron chi connectivity index (χ2n) is 4.23. The van der Waals surface area contributed by atoms with E-state index in [-0.39, 0.29) is 12.2 Å². The van der Waals surface area contributed by atoms with E-state index in [0.29, 0.717) is 12.5 Å². The molecule has 0 amide bonds. The lowest BCUT2D eigenvalue weighted by molar-refractivity contribution is -0.138. The summed E-state index contributed by atoms with van der Waals surface area (Å²) in [6.07, 6.45) is 1.33. The number of guanidine groups is 1. The smallest absolute Gasteiger partial charge is 0.350 e. The van der Waals surface area contributed by atoms with Crippen LogP contribution in [0, 0.1) is 11.3 Å². The summed E-state index contributed by atoms with van der Waals surface area (Å²) in [4.78, 5) is 17.8. The first kappa shape index (κ1) is 14.6. The van der Waals surface area contributed by atoms with Crippen LogP contribution in [0.25, 0.3) is 0 Å². The number of hydrogen-bond acceptors (Lipinski definition) is 6. The SMILES string of the molecule is CCOC(=O)C(C#N)=CNC1=NCCN1c1ccccc1. The maximum absolute atomic E-state index is 11.5. The van der Waals surface area contributed by atoms with Crippen LogP contribution in [-0.4, -0.2) is 31.6 Å². The van der Waals surface area contributed by atoms with E-state index in [4.69, 9.17) is 10.00 Å². The quantitative estimate of drug-likeness (QED) is 0.514. The number of nitrogens with zero attached hydrogens (tertiary/aromatic N) is 3. The van der Waals surface area contributed by atoms with Crippen LogP contribution in [0.4, 0.5) is 5.69 Å². The van der Waals surface area contributed by atoms with Gasteiger partial charge in [-0.1, -0.05) is 18.2 Å². The third-order valence-corrected chi connectivity index (χ3v) is 2.87. The zero-order valence-electron chi connectivity index (χ0n) is 11.7. The Labute approximate surface area is 123 Å². The minimum absolute atomic E-state index is 0.0838. The maximum atomic E-state index is 11.5. The van der Waals surface area contributed by atoms with Gasteiger partial charge in [0.1, 0.15) is 6.07 Å². The molecule has 1 aromatic rings. The van der Waals surface area contributed by atoms with Gasteiger partial charge in [-0.25, -0.2) is 4.79 Å². The molecule has 0 saturated heterocycles. The summed E-state index contributed by atoms with van der Waals surface area (Å²) >= 11 is 0. The van der Waals surface area contributed by atoms with Gasteiger partial charge in [0.05, 0.1) is 13.2 Å². The summed E-state index contributed by atoms with van der Waals surface area (Å²) in [5.74, 6) is -0.0318. The van der Waals surface area contributed by atoms with Crippen molar-refractivity contribution in [2.45, 2.75) is 6.92 Å². The molecule has 108 valence electrons. The number of carbonyl (C=O) groups excluding carboxylic acids is 1. The van der Waals surface area contributed by atoms with Crippen LogP contribution in [0.5, 0.6) is 0 Å². The fourth-order valence-electron chi connectivity index (χ4n) is 1.91. The van der Waals surface area contributed by atoms with E-state index in [1.54, 1.807) is 6.92 Å². The minimum atomic E-state index is -0.641. The minimum Gasteiger partial charge on any atom is -0.462 e. The Hall–Kier alpha value is -2.81. The first-order valence-corrected chi connectivity index (χ1v) is 6.67. The molecule has 1 aliphatic heterocycles. The number of esters is 1. The fraction of sp³-hybridized carbons (Fsp3) is 0.267. The molecule has 0 fully saturated rings. The molecule has 2 rings (SSSR count). The molecule has 1 aromatic carbocycles. The molecule has 21 heavy (non-hydrogen) atoms. The first-order chi connectivity index (χ1) is 10.3. The zero-order chi connectivity index (χ0) is 15.1. The average Bonchev–Trinajstić information content (AvgIpc) is 2.97. The van der Waals surface area contributed by atoms with E-state index in [9.17, 15) is 4.79 Å². The summed E-state index contributed by atoms with van der Waals surface area (Å²) < 4.78 is 4.80. The molecule has 0 saturated carbocycles. The van der Waals surface area contributed by atoms with Gasteiger partial charge in [0, 0.05) is 18.4 Å². The molecule has 0 aromatic heterocycles. The van der Waals surface area contributed by atoms with Crippen LogP contribution in [0.1, 0.15) is 6.92 Å². The van der Waals surface area contributed by atoms with Crippen molar-refractivity contribution in [3.8, 4) is 6.07 Å². The van der Waals surface area contributed by atoms with Crippen LogP contribution >= 0.6 is 0 Å². The van der Waals surface area contributed by atoms with Crippen LogP contribution in [-0.2, 0) is 9.53 Å². The number of aliphatic imine (C=N–C) groups is 1. The molecule has 0 aliphatic carbocycles. The van der Waals surface area contributed by atoms with Crippen LogP contribution in [0.2, 0.25) is 0 Å². The highest BCUT2D eigenvalue weighted by Crippen LogP contribution is 2.16. The molecule has 0 spiro atoms. The van der Waals surface area contributed by atoms with E-state index in [2.05, 4.69) is 10.3 Å². The maximum Gasteiger partial charge on any atom is 0.350 e. The number of hydrogen-bond donors (Lipinski definition) is 1. The number of rotatable bonds is 4. The number of benzene rings is 1. The van der Waals surface area contributed by atoms with Gasteiger partial charge >= 0.3 is 5.97 Å². The molecule has 1 N–H and O–H groups in total. The van der Waals surface area contributed by atoms with Crippen molar-refractivity contribution in [1.82, 2.24) is 5.32 Å². The lowest BCUT2D eigenvalue weighted by atomic mass is 10.3. The second-order valence-corrected chi connectivity index (χ2v) is 4.23. The number of ether oxygens (including phenoxy) is 1. The lowest BCUT2D eigenvalue weighted by Crippen LogP contribution is -2.36. The van der Waals surface area contributed by atoms with Crippen molar-refractivity contribution in [2.75, 3.05) is 24.6 Å².